The highest BCUT2D eigenvalue weighted by Crippen LogP contribution is 2.27. The summed E-state index contributed by atoms with van der Waals surface area (Å²) in [6.45, 7) is 4.44. The number of hydrogen-bond acceptors (Lipinski definition) is 0. The van der Waals surface area contributed by atoms with Crippen LogP contribution in [0.25, 0.3) is 0 Å². The average Bonchev–Trinajstić information content (AvgIpc) is 2.25. The lowest BCUT2D eigenvalue weighted by Gasteiger charge is -2.18. The van der Waals surface area contributed by atoms with E-state index >= 15 is 0 Å². The molecule has 0 saturated carbocycles. The van der Waals surface area contributed by atoms with E-state index < -0.39 is 0 Å². The van der Waals surface area contributed by atoms with Crippen LogP contribution in [0, 0.1) is 11.7 Å². The zero-order valence-electron chi connectivity index (χ0n) is 9.34. The van der Waals surface area contributed by atoms with Crippen molar-refractivity contribution < 1.29 is 4.39 Å². The molecule has 0 radical (unpaired) electrons. The van der Waals surface area contributed by atoms with Crippen LogP contribution in [0.15, 0.2) is 24.3 Å². The van der Waals surface area contributed by atoms with Crippen LogP contribution in [0.3, 0.4) is 0 Å². The van der Waals surface area contributed by atoms with Crippen LogP contribution in [-0.4, -0.2) is 5.33 Å². The third kappa shape index (κ3) is 3.94. The van der Waals surface area contributed by atoms with Crippen molar-refractivity contribution in [1.82, 2.24) is 0 Å². The Balaban J connectivity index is 2.73. The number of hydrogen-bond donors (Lipinski definition) is 0. The Morgan fingerprint density at radius 2 is 2.13 bits per heavy atom. The van der Waals surface area contributed by atoms with E-state index in [1.165, 1.54) is 12.5 Å². The fourth-order valence-corrected chi connectivity index (χ4v) is 2.34. The number of benzene rings is 1. The van der Waals surface area contributed by atoms with Crippen molar-refractivity contribution >= 4 is 15.9 Å². The maximum Gasteiger partial charge on any atom is 0.123 e. The van der Waals surface area contributed by atoms with Gasteiger partial charge in [0.25, 0.3) is 0 Å². The molecule has 0 bridgehead atoms. The summed E-state index contributed by atoms with van der Waals surface area (Å²) in [5.41, 5.74) is 1.10. The van der Waals surface area contributed by atoms with Crippen molar-refractivity contribution in [3.8, 4) is 0 Å². The van der Waals surface area contributed by atoms with E-state index in [-0.39, 0.29) is 5.82 Å². The largest absolute Gasteiger partial charge is 0.207 e. The highest BCUT2D eigenvalue weighted by Gasteiger charge is 2.13. The van der Waals surface area contributed by atoms with Crippen LogP contribution in [0.5, 0.6) is 0 Å². The zero-order chi connectivity index (χ0) is 11.3. The molecule has 0 saturated heterocycles. The van der Waals surface area contributed by atoms with Crippen LogP contribution in [0.2, 0.25) is 0 Å². The van der Waals surface area contributed by atoms with Crippen molar-refractivity contribution in [1.29, 1.82) is 0 Å². The second-order valence-corrected chi connectivity index (χ2v) is 4.80. The van der Waals surface area contributed by atoms with Gasteiger partial charge >= 0.3 is 0 Å². The summed E-state index contributed by atoms with van der Waals surface area (Å²) < 4.78 is 13.1. The molecule has 2 unspecified atom stereocenters. The Bertz CT molecular complexity index is 298. The summed E-state index contributed by atoms with van der Waals surface area (Å²) >= 11 is 3.51. The maximum atomic E-state index is 13.1. The van der Waals surface area contributed by atoms with Gasteiger partial charge in [-0.2, -0.15) is 0 Å². The molecule has 1 rings (SSSR count). The van der Waals surface area contributed by atoms with E-state index in [0.717, 1.165) is 17.3 Å². The number of halogens is 2. The van der Waals surface area contributed by atoms with Crippen molar-refractivity contribution in [2.45, 2.75) is 32.6 Å². The van der Waals surface area contributed by atoms with Crippen LogP contribution in [0.1, 0.15) is 38.2 Å². The summed E-state index contributed by atoms with van der Waals surface area (Å²) in [5, 5.41) is 0.904. The molecule has 0 N–H and O–H groups in total. The molecule has 0 spiro atoms. The maximum absolute atomic E-state index is 13.1. The van der Waals surface area contributed by atoms with E-state index in [1.807, 2.05) is 6.07 Å². The van der Waals surface area contributed by atoms with Gasteiger partial charge in [0.2, 0.25) is 0 Å². The van der Waals surface area contributed by atoms with Gasteiger partial charge in [0, 0.05) is 5.33 Å². The lowest BCUT2D eigenvalue weighted by Crippen LogP contribution is -2.06. The smallest absolute Gasteiger partial charge is 0.123 e. The molecule has 0 aromatic heterocycles. The minimum absolute atomic E-state index is 0.136. The van der Waals surface area contributed by atoms with Crippen molar-refractivity contribution in [3.05, 3.63) is 35.6 Å². The van der Waals surface area contributed by atoms with E-state index in [9.17, 15) is 4.39 Å². The van der Waals surface area contributed by atoms with Crippen LogP contribution < -0.4 is 0 Å². The topological polar surface area (TPSA) is 0 Å². The predicted octanol–water partition coefficient (Wildman–Crippen LogP) is 4.74. The normalized spacial score (nSPS) is 14.9. The molecule has 84 valence electrons. The fourth-order valence-electron chi connectivity index (χ4n) is 1.70. The first-order valence-corrected chi connectivity index (χ1v) is 6.61. The molecular formula is C13H18BrF. The van der Waals surface area contributed by atoms with Gasteiger partial charge in [-0.05, 0) is 36.0 Å². The lowest BCUT2D eigenvalue weighted by molar-refractivity contribution is 0.474. The molecule has 0 amide bonds. The summed E-state index contributed by atoms with van der Waals surface area (Å²) in [6.07, 6.45) is 2.30. The average molecular weight is 273 g/mol. The summed E-state index contributed by atoms with van der Waals surface area (Å²) in [7, 11) is 0. The lowest BCUT2D eigenvalue weighted by atomic mass is 9.90. The van der Waals surface area contributed by atoms with Gasteiger partial charge in [0.15, 0.2) is 0 Å². The van der Waals surface area contributed by atoms with E-state index in [1.54, 1.807) is 12.1 Å². The fraction of sp³-hybridized carbons (Fsp3) is 0.538. The van der Waals surface area contributed by atoms with Gasteiger partial charge in [-0.25, -0.2) is 4.39 Å². The Hall–Kier alpha value is -0.370. The molecule has 0 aliphatic heterocycles. The minimum atomic E-state index is -0.136. The Kier molecular flexibility index (Phi) is 5.30. The van der Waals surface area contributed by atoms with Crippen LogP contribution in [0.4, 0.5) is 4.39 Å². The quantitative estimate of drug-likeness (QED) is 0.680. The third-order valence-corrected chi connectivity index (χ3v) is 3.67. The van der Waals surface area contributed by atoms with Gasteiger partial charge in [-0.3, -0.25) is 0 Å². The molecule has 0 nitrogen and oxygen atoms in total. The van der Waals surface area contributed by atoms with E-state index in [0.29, 0.717) is 11.8 Å². The molecule has 1 aromatic carbocycles. The van der Waals surface area contributed by atoms with Gasteiger partial charge < -0.3 is 0 Å². The third-order valence-electron chi connectivity index (χ3n) is 2.89. The van der Waals surface area contributed by atoms with Crippen molar-refractivity contribution in [2.75, 3.05) is 5.33 Å². The Morgan fingerprint density at radius 1 is 1.40 bits per heavy atom. The van der Waals surface area contributed by atoms with Crippen LogP contribution in [-0.2, 0) is 0 Å². The van der Waals surface area contributed by atoms with E-state index in [4.69, 9.17) is 0 Å². The molecule has 2 heteroatoms. The van der Waals surface area contributed by atoms with Gasteiger partial charge in [0.05, 0.1) is 0 Å². The van der Waals surface area contributed by atoms with Crippen molar-refractivity contribution in [2.24, 2.45) is 5.92 Å². The summed E-state index contributed by atoms with van der Waals surface area (Å²) in [4.78, 5) is 0. The Labute approximate surface area is 100 Å². The molecule has 2 atom stereocenters. The molecule has 0 aliphatic carbocycles. The second-order valence-electron chi connectivity index (χ2n) is 4.16. The molecule has 0 fully saturated rings. The molecule has 0 heterocycles. The first-order valence-electron chi connectivity index (χ1n) is 5.48. The molecule has 0 aliphatic rings. The van der Waals surface area contributed by atoms with Gasteiger partial charge in [0.1, 0.15) is 5.82 Å². The second kappa shape index (κ2) is 6.26. The number of rotatable bonds is 5. The standard InChI is InChI=1S/C13H18BrF/c1-3-10(2)7-12(9-14)11-5-4-6-13(15)8-11/h4-6,8,10,12H,3,7,9H2,1-2H3. The zero-order valence-corrected chi connectivity index (χ0v) is 10.9. The summed E-state index contributed by atoms with van der Waals surface area (Å²) in [6, 6.07) is 6.95. The SMILES string of the molecule is CCC(C)CC(CBr)c1cccc(F)c1. The highest BCUT2D eigenvalue weighted by molar-refractivity contribution is 9.09. The van der Waals surface area contributed by atoms with Crippen LogP contribution >= 0.6 is 15.9 Å². The highest BCUT2D eigenvalue weighted by atomic mass is 79.9. The molecular weight excluding hydrogens is 255 g/mol. The first kappa shape index (κ1) is 12.7. The number of alkyl halides is 1. The Morgan fingerprint density at radius 3 is 2.67 bits per heavy atom. The first-order chi connectivity index (χ1) is 7.17. The van der Waals surface area contributed by atoms with E-state index in [2.05, 4.69) is 29.8 Å². The monoisotopic (exact) mass is 272 g/mol. The van der Waals surface area contributed by atoms with Crippen molar-refractivity contribution in [3.63, 3.8) is 0 Å². The van der Waals surface area contributed by atoms with Gasteiger partial charge in [-0.15, -0.1) is 0 Å². The molecule has 15 heavy (non-hydrogen) atoms. The summed E-state index contributed by atoms with van der Waals surface area (Å²) in [5.74, 6) is 0.981. The minimum Gasteiger partial charge on any atom is -0.207 e. The molecule has 1 aromatic rings. The van der Waals surface area contributed by atoms with Gasteiger partial charge in [-0.1, -0.05) is 48.3 Å². The predicted molar refractivity (Wildman–Crippen MR) is 67.0 cm³/mol.